The monoisotopic (exact) mass is 231 g/mol. The van der Waals surface area contributed by atoms with Crippen LogP contribution in [-0.2, 0) is 0 Å². The fraction of sp³-hybridized carbons (Fsp3) is 0.600. The number of rotatable bonds is 1. The van der Waals surface area contributed by atoms with Gasteiger partial charge in [0.25, 0.3) is 0 Å². The summed E-state index contributed by atoms with van der Waals surface area (Å²) in [7, 11) is 0. The first-order chi connectivity index (χ1) is 8.25. The summed E-state index contributed by atoms with van der Waals surface area (Å²) in [6.07, 6.45) is 8.79. The smallest absolute Gasteiger partial charge is 0.0950 e. The predicted octanol–water partition coefficient (Wildman–Crippen LogP) is 3.77. The number of nitrogens with zero attached hydrogens (tertiary/aromatic N) is 1. The van der Waals surface area contributed by atoms with Gasteiger partial charge in [-0.2, -0.15) is 0 Å². The van der Waals surface area contributed by atoms with Gasteiger partial charge in [0.15, 0.2) is 0 Å². The first-order valence-corrected chi connectivity index (χ1v) is 6.70. The van der Waals surface area contributed by atoms with E-state index in [0.717, 1.165) is 18.5 Å². The van der Waals surface area contributed by atoms with Crippen molar-refractivity contribution in [1.82, 2.24) is 4.90 Å². The molecule has 2 nitrogen and oxygen atoms in total. The standard InChI is InChI=1S/C15H21NO/c1-11-3-5-14-12(2)4-6-15(16(14)9-11)13-7-8-17-10-13/h7-8,10,12,14-15H,1,3-6,9H2,2H3/t12-,14+,15+/m1/s1. The second kappa shape index (κ2) is 4.34. The maximum Gasteiger partial charge on any atom is 0.0950 e. The van der Waals surface area contributed by atoms with Gasteiger partial charge in [-0.25, -0.2) is 0 Å². The van der Waals surface area contributed by atoms with Crippen LogP contribution in [0, 0.1) is 5.92 Å². The lowest BCUT2D eigenvalue weighted by Gasteiger charge is -2.48. The Balaban J connectivity index is 1.87. The molecule has 2 fully saturated rings. The molecule has 1 aromatic rings. The average Bonchev–Trinajstić information content (AvgIpc) is 2.83. The Morgan fingerprint density at radius 2 is 2.24 bits per heavy atom. The topological polar surface area (TPSA) is 16.4 Å². The fourth-order valence-electron chi connectivity index (χ4n) is 3.53. The Labute approximate surface area is 103 Å². The molecule has 3 atom stereocenters. The zero-order chi connectivity index (χ0) is 11.8. The Kier molecular flexibility index (Phi) is 2.83. The molecular weight excluding hydrogens is 210 g/mol. The van der Waals surface area contributed by atoms with E-state index in [1.165, 1.54) is 36.8 Å². The highest BCUT2D eigenvalue weighted by Gasteiger charge is 2.38. The molecule has 17 heavy (non-hydrogen) atoms. The van der Waals surface area contributed by atoms with E-state index < -0.39 is 0 Å². The van der Waals surface area contributed by atoms with E-state index in [9.17, 15) is 0 Å². The molecule has 0 aliphatic carbocycles. The SMILES string of the molecule is C=C1CC[C@H]2[C@H](C)CC[C@@H](c3ccoc3)N2C1. The Morgan fingerprint density at radius 1 is 1.35 bits per heavy atom. The minimum absolute atomic E-state index is 0.548. The van der Waals surface area contributed by atoms with Gasteiger partial charge in [-0.05, 0) is 37.7 Å². The minimum Gasteiger partial charge on any atom is -0.472 e. The lowest BCUT2D eigenvalue weighted by Crippen LogP contribution is -2.49. The van der Waals surface area contributed by atoms with Crippen molar-refractivity contribution in [3.8, 4) is 0 Å². The van der Waals surface area contributed by atoms with Crippen molar-refractivity contribution in [3.63, 3.8) is 0 Å². The van der Waals surface area contributed by atoms with Crippen molar-refractivity contribution in [2.24, 2.45) is 5.92 Å². The van der Waals surface area contributed by atoms with Crippen LogP contribution in [0.15, 0.2) is 35.2 Å². The third-order valence-corrected chi connectivity index (χ3v) is 4.51. The van der Waals surface area contributed by atoms with Crippen LogP contribution in [0.2, 0.25) is 0 Å². The lowest BCUT2D eigenvalue weighted by atomic mass is 9.79. The normalized spacial score (nSPS) is 34.6. The number of furan rings is 1. The molecule has 0 aromatic carbocycles. The number of fused-ring (bicyclic) bond motifs is 1. The third kappa shape index (κ3) is 1.95. The maximum absolute atomic E-state index is 5.25. The van der Waals surface area contributed by atoms with Gasteiger partial charge in [0.1, 0.15) is 0 Å². The highest BCUT2D eigenvalue weighted by atomic mass is 16.3. The number of hydrogen-bond donors (Lipinski definition) is 0. The molecule has 2 saturated heterocycles. The molecule has 1 aromatic heterocycles. The molecule has 0 unspecified atom stereocenters. The minimum atomic E-state index is 0.548. The highest BCUT2D eigenvalue weighted by Crippen LogP contribution is 2.41. The molecule has 3 heterocycles. The van der Waals surface area contributed by atoms with Gasteiger partial charge in [-0.3, -0.25) is 4.90 Å². The summed E-state index contributed by atoms with van der Waals surface area (Å²) in [5.74, 6) is 0.825. The first-order valence-electron chi connectivity index (χ1n) is 6.70. The quantitative estimate of drug-likeness (QED) is 0.684. The molecule has 0 N–H and O–H groups in total. The van der Waals surface area contributed by atoms with Crippen LogP contribution in [0.5, 0.6) is 0 Å². The summed E-state index contributed by atoms with van der Waals surface area (Å²) in [5, 5.41) is 0. The maximum atomic E-state index is 5.25. The van der Waals surface area contributed by atoms with Crippen molar-refractivity contribution in [3.05, 3.63) is 36.3 Å². The molecule has 92 valence electrons. The van der Waals surface area contributed by atoms with Crippen LogP contribution < -0.4 is 0 Å². The molecule has 2 aliphatic rings. The zero-order valence-corrected chi connectivity index (χ0v) is 10.6. The van der Waals surface area contributed by atoms with Crippen molar-refractivity contribution in [1.29, 1.82) is 0 Å². The fourth-order valence-corrected chi connectivity index (χ4v) is 3.53. The van der Waals surface area contributed by atoms with Gasteiger partial charge >= 0.3 is 0 Å². The zero-order valence-electron chi connectivity index (χ0n) is 10.6. The third-order valence-electron chi connectivity index (χ3n) is 4.51. The van der Waals surface area contributed by atoms with Crippen LogP contribution in [-0.4, -0.2) is 17.5 Å². The van der Waals surface area contributed by atoms with Gasteiger partial charge in [-0.1, -0.05) is 19.1 Å². The largest absolute Gasteiger partial charge is 0.472 e. The average molecular weight is 231 g/mol. The van der Waals surface area contributed by atoms with E-state index in [1.54, 1.807) is 6.26 Å². The van der Waals surface area contributed by atoms with E-state index in [1.807, 2.05) is 6.26 Å². The van der Waals surface area contributed by atoms with Crippen molar-refractivity contribution < 1.29 is 4.42 Å². The lowest BCUT2D eigenvalue weighted by molar-refractivity contribution is 0.0340. The van der Waals surface area contributed by atoms with E-state index in [4.69, 9.17) is 4.42 Å². The van der Waals surface area contributed by atoms with Crippen LogP contribution in [0.25, 0.3) is 0 Å². The van der Waals surface area contributed by atoms with Gasteiger partial charge in [-0.15, -0.1) is 0 Å². The van der Waals surface area contributed by atoms with E-state index >= 15 is 0 Å². The summed E-state index contributed by atoms with van der Waals surface area (Å²) in [5.41, 5.74) is 2.74. The summed E-state index contributed by atoms with van der Waals surface area (Å²) in [6.45, 7) is 7.66. The summed E-state index contributed by atoms with van der Waals surface area (Å²) in [4.78, 5) is 2.66. The summed E-state index contributed by atoms with van der Waals surface area (Å²) < 4.78 is 5.25. The molecule has 3 rings (SSSR count). The second-order valence-corrected chi connectivity index (χ2v) is 5.66. The van der Waals surface area contributed by atoms with Crippen LogP contribution in [0.1, 0.15) is 44.2 Å². The first kappa shape index (κ1) is 11.1. The van der Waals surface area contributed by atoms with Gasteiger partial charge in [0.2, 0.25) is 0 Å². The number of hydrogen-bond acceptors (Lipinski definition) is 2. The molecule has 0 saturated carbocycles. The van der Waals surface area contributed by atoms with Gasteiger partial charge < -0.3 is 4.42 Å². The molecule has 0 spiro atoms. The Hall–Kier alpha value is -1.02. The highest BCUT2D eigenvalue weighted by molar-refractivity contribution is 5.17. The number of piperidine rings is 2. The van der Waals surface area contributed by atoms with E-state index in [2.05, 4.69) is 24.5 Å². The van der Waals surface area contributed by atoms with Crippen LogP contribution >= 0.6 is 0 Å². The summed E-state index contributed by atoms with van der Waals surface area (Å²) in [6, 6.07) is 3.41. The second-order valence-electron chi connectivity index (χ2n) is 5.66. The Morgan fingerprint density at radius 3 is 3.00 bits per heavy atom. The molecular formula is C15H21NO. The molecule has 0 bridgehead atoms. The molecule has 0 amide bonds. The van der Waals surface area contributed by atoms with E-state index in [-0.39, 0.29) is 0 Å². The van der Waals surface area contributed by atoms with E-state index in [0.29, 0.717) is 6.04 Å². The van der Waals surface area contributed by atoms with Crippen molar-refractivity contribution in [2.75, 3.05) is 6.54 Å². The predicted molar refractivity (Wildman–Crippen MR) is 68.7 cm³/mol. The van der Waals surface area contributed by atoms with Gasteiger partial charge in [0, 0.05) is 24.2 Å². The van der Waals surface area contributed by atoms with Crippen molar-refractivity contribution in [2.45, 2.75) is 44.7 Å². The Bertz CT molecular complexity index is 395. The van der Waals surface area contributed by atoms with Gasteiger partial charge in [0.05, 0.1) is 12.5 Å². The molecule has 2 aliphatic heterocycles. The summed E-state index contributed by atoms with van der Waals surface area (Å²) >= 11 is 0. The van der Waals surface area contributed by atoms with Crippen LogP contribution in [0.4, 0.5) is 0 Å². The van der Waals surface area contributed by atoms with Crippen LogP contribution in [0.3, 0.4) is 0 Å². The molecule has 2 heteroatoms. The molecule has 0 radical (unpaired) electrons. The van der Waals surface area contributed by atoms with Crippen molar-refractivity contribution >= 4 is 0 Å².